The van der Waals surface area contributed by atoms with Gasteiger partial charge in [-0.3, -0.25) is 4.79 Å². The monoisotopic (exact) mass is 300 g/mol. The molecule has 118 valence electrons. The first-order valence-corrected chi connectivity index (χ1v) is 8.18. The van der Waals surface area contributed by atoms with Gasteiger partial charge >= 0.3 is 0 Å². The minimum Gasteiger partial charge on any atom is -0.378 e. The topological polar surface area (TPSA) is 41.6 Å². The summed E-state index contributed by atoms with van der Waals surface area (Å²) in [5.74, 6) is 0.321. The number of morpholine rings is 1. The smallest absolute Gasteiger partial charge is 0.223 e. The van der Waals surface area contributed by atoms with Gasteiger partial charge in [0.2, 0.25) is 5.91 Å². The van der Waals surface area contributed by atoms with E-state index in [1.165, 1.54) is 11.3 Å². The fourth-order valence-electron chi connectivity index (χ4n) is 3.13. The highest BCUT2D eigenvalue weighted by molar-refractivity contribution is 5.79. The van der Waals surface area contributed by atoms with E-state index in [0.29, 0.717) is 6.54 Å². The molecule has 4 heteroatoms. The Morgan fingerprint density at radius 3 is 2.82 bits per heavy atom. The summed E-state index contributed by atoms with van der Waals surface area (Å²) in [5, 5.41) is 3.12. The van der Waals surface area contributed by atoms with E-state index in [1.54, 1.807) is 0 Å². The molecule has 1 aliphatic carbocycles. The highest BCUT2D eigenvalue weighted by Gasteiger charge is 2.19. The molecule has 1 aromatic rings. The number of carbonyl (C=O) groups excluding carboxylic acids is 1. The molecule has 4 nitrogen and oxygen atoms in total. The summed E-state index contributed by atoms with van der Waals surface area (Å²) in [6.07, 6.45) is 7.14. The molecule has 1 aliphatic heterocycles. The van der Waals surface area contributed by atoms with Gasteiger partial charge in [0, 0.05) is 31.2 Å². The number of hydrogen-bond donors (Lipinski definition) is 1. The van der Waals surface area contributed by atoms with Crippen molar-refractivity contribution in [1.82, 2.24) is 5.32 Å². The van der Waals surface area contributed by atoms with Gasteiger partial charge in [-0.25, -0.2) is 0 Å². The fourth-order valence-corrected chi connectivity index (χ4v) is 3.13. The summed E-state index contributed by atoms with van der Waals surface area (Å²) in [6.45, 7) is 3.98. The fraction of sp³-hybridized carbons (Fsp3) is 0.500. The molecular formula is C18H24N2O2. The number of amides is 1. The lowest BCUT2D eigenvalue weighted by Gasteiger charge is -2.30. The zero-order valence-corrected chi connectivity index (χ0v) is 13.0. The number of allylic oxidation sites excluding steroid dienone is 2. The molecule has 1 aromatic carbocycles. The summed E-state index contributed by atoms with van der Waals surface area (Å²) in [6, 6.07) is 8.33. The Bertz CT molecular complexity index is 536. The molecule has 1 N–H and O–H groups in total. The van der Waals surface area contributed by atoms with Crippen LogP contribution in [0, 0.1) is 5.92 Å². The summed E-state index contributed by atoms with van der Waals surface area (Å²) in [7, 11) is 0. The molecule has 2 aliphatic rings. The molecule has 0 spiro atoms. The lowest BCUT2D eigenvalue weighted by atomic mass is 9.93. The maximum Gasteiger partial charge on any atom is 0.223 e. The molecule has 1 fully saturated rings. The molecule has 0 radical (unpaired) electrons. The maximum absolute atomic E-state index is 12.3. The minimum absolute atomic E-state index is 0.139. The van der Waals surface area contributed by atoms with Crippen molar-refractivity contribution >= 4 is 11.6 Å². The van der Waals surface area contributed by atoms with Gasteiger partial charge in [0.15, 0.2) is 0 Å². The maximum atomic E-state index is 12.3. The molecule has 1 saturated heterocycles. The lowest BCUT2D eigenvalue weighted by molar-refractivity contribution is -0.125. The van der Waals surface area contributed by atoms with Gasteiger partial charge in [-0.1, -0.05) is 30.4 Å². The van der Waals surface area contributed by atoms with Crippen molar-refractivity contribution in [2.45, 2.75) is 25.8 Å². The Morgan fingerprint density at radius 1 is 1.23 bits per heavy atom. The van der Waals surface area contributed by atoms with Crippen molar-refractivity contribution in [3.05, 3.63) is 42.0 Å². The van der Waals surface area contributed by atoms with Gasteiger partial charge in [0.05, 0.1) is 13.2 Å². The highest BCUT2D eigenvalue weighted by Crippen LogP contribution is 2.22. The lowest BCUT2D eigenvalue weighted by Crippen LogP contribution is -2.37. The van der Waals surface area contributed by atoms with Crippen LogP contribution in [-0.2, 0) is 16.1 Å². The third kappa shape index (κ3) is 3.69. The number of ether oxygens (including phenoxy) is 1. The average molecular weight is 300 g/mol. The predicted octanol–water partition coefficient (Wildman–Crippen LogP) is 2.50. The van der Waals surface area contributed by atoms with Crippen LogP contribution in [0.15, 0.2) is 36.4 Å². The molecule has 1 heterocycles. The SMILES string of the molecule is O=C(NCc1ccccc1N1CCOCC1)[C@@H]1CC=CCC1. The molecule has 0 unspecified atom stereocenters. The van der Waals surface area contributed by atoms with Crippen LogP contribution >= 0.6 is 0 Å². The highest BCUT2D eigenvalue weighted by atomic mass is 16.5. The third-order valence-electron chi connectivity index (χ3n) is 4.44. The number of benzene rings is 1. The molecule has 0 aromatic heterocycles. The van der Waals surface area contributed by atoms with Crippen LogP contribution in [0.25, 0.3) is 0 Å². The molecule has 0 saturated carbocycles. The number of nitrogens with one attached hydrogen (secondary N) is 1. The Balaban J connectivity index is 1.62. The Morgan fingerprint density at radius 2 is 2.05 bits per heavy atom. The van der Waals surface area contributed by atoms with E-state index >= 15 is 0 Å². The van der Waals surface area contributed by atoms with E-state index in [9.17, 15) is 4.79 Å². The number of rotatable bonds is 4. The molecule has 22 heavy (non-hydrogen) atoms. The van der Waals surface area contributed by atoms with Gasteiger partial charge in [0.1, 0.15) is 0 Å². The molecule has 3 rings (SSSR count). The second-order valence-corrected chi connectivity index (χ2v) is 5.93. The van der Waals surface area contributed by atoms with Crippen LogP contribution in [0.3, 0.4) is 0 Å². The minimum atomic E-state index is 0.139. The van der Waals surface area contributed by atoms with E-state index in [1.807, 2.05) is 6.07 Å². The van der Waals surface area contributed by atoms with E-state index in [0.717, 1.165) is 45.6 Å². The van der Waals surface area contributed by atoms with Crippen LogP contribution in [0.1, 0.15) is 24.8 Å². The zero-order chi connectivity index (χ0) is 15.2. The summed E-state index contributed by atoms with van der Waals surface area (Å²) in [5.41, 5.74) is 2.40. The first kappa shape index (κ1) is 15.1. The largest absolute Gasteiger partial charge is 0.378 e. The van der Waals surface area contributed by atoms with Crippen molar-refractivity contribution in [3.8, 4) is 0 Å². The van der Waals surface area contributed by atoms with E-state index in [2.05, 4.69) is 40.6 Å². The first-order chi connectivity index (χ1) is 10.8. The van der Waals surface area contributed by atoms with E-state index in [4.69, 9.17) is 4.74 Å². The van der Waals surface area contributed by atoms with Gasteiger partial charge in [-0.05, 0) is 30.9 Å². The first-order valence-electron chi connectivity index (χ1n) is 8.18. The number of hydrogen-bond acceptors (Lipinski definition) is 3. The van der Waals surface area contributed by atoms with Crippen molar-refractivity contribution in [2.24, 2.45) is 5.92 Å². The van der Waals surface area contributed by atoms with Crippen molar-refractivity contribution in [3.63, 3.8) is 0 Å². The van der Waals surface area contributed by atoms with Crippen LogP contribution < -0.4 is 10.2 Å². The number of para-hydroxylation sites is 1. The molecule has 1 amide bonds. The third-order valence-corrected chi connectivity index (χ3v) is 4.44. The van der Waals surface area contributed by atoms with Crippen molar-refractivity contribution < 1.29 is 9.53 Å². The van der Waals surface area contributed by atoms with E-state index < -0.39 is 0 Å². The Hall–Kier alpha value is -1.81. The van der Waals surface area contributed by atoms with E-state index in [-0.39, 0.29) is 11.8 Å². The number of carbonyl (C=O) groups is 1. The van der Waals surface area contributed by atoms with Crippen LogP contribution in [-0.4, -0.2) is 32.2 Å². The average Bonchev–Trinajstić information content (AvgIpc) is 2.61. The van der Waals surface area contributed by atoms with Crippen molar-refractivity contribution in [1.29, 1.82) is 0 Å². The zero-order valence-electron chi connectivity index (χ0n) is 13.0. The van der Waals surface area contributed by atoms with Crippen molar-refractivity contribution in [2.75, 3.05) is 31.2 Å². The van der Waals surface area contributed by atoms with Crippen LogP contribution in [0.5, 0.6) is 0 Å². The molecule has 1 atom stereocenters. The summed E-state index contributed by atoms with van der Waals surface area (Å²) >= 11 is 0. The van der Waals surface area contributed by atoms with Gasteiger partial charge in [-0.15, -0.1) is 0 Å². The van der Waals surface area contributed by atoms with Gasteiger partial charge < -0.3 is 15.0 Å². The standard InChI is InChI=1S/C18H24N2O2/c21-18(15-6-2-1-3-7-15)19-14-16-8-4-5-9-17(16)20-10-12-22-13-11-20/h1-2,4-5,8-9,15H,3,6-7,10-14H2,(H,19,21)/t15-/m1/s1. The second kappa shape index (κ2) is 7.45. The molecule has 0 bridgehead atoms. The van der Waals surface area contributed by atoms with Crippen LogP contribution in [0.4, 0.5) is 5.69 Å². The second-order valence-electron chi connectivity index (χ2n) is 5.93. The molecular weight excluding hydrogens is 276 g/mol. The van der Waals surface area contributed by atoms with Gasteiger partial charge in [0.25, 0.3) is 0 Å². The predicted molar refractivity (Wildman–Crippen MR) is 87.8 cm³/mol. The number of anilines is 1. The van der Waals surface area contributed by atoms with Gasteiger partial charge in [-0.2, -0.15) is 0 Å². The number of nitrogens with zero attached hydrogens (tertiary/aromatic N) is 1. The summed E-state index contributed by atoms with van der Waals surface area (Å²) < 4.78 is 5.42. The Labute approximate surface area is 132 Å². The van der Waals surface area contributed by atoms with Crippen LogP contribution in [0.2, 0.25) is 0 Å². The quantitative estimate of drug-likeness (QED) is 0.869. The summed E-state index contributed by atoms with van der Waals surface area (Å²) in [4.78, 5) is 14.6. The normalized spacial score (nSPS) is 21.6. The Kier molecular flexibility index (Phi) is 5.11.